The van der Waals surface area contributed by atoms with Gasteiger partial charge in [0.25, 0.3) is 0 Å². The highest BCUT2D eigenvalue weighted by atomic mass is 16.3. The van der Waals surface area contributed by atoms with Gasteiger partial charge in [-0.3, -0.25) is 4.79 Å². The summed E-state index contributed by atoms with van der Waals surface area (Å²) >= 11 is 0. The number of carbonyl (C=O) groups excluding carboxylic acids is 1. The Kier molecular flexibility index (Phi) is 42.8. The van der Waals surface area contributed by atoms with Crippen molar-refractivity contribution >= 4 is 5.91 Å². The highest BCUT2D eigenvalue weighted by molar-refractivity contribution is 5.76. The van der Waals surface area contributed by atoms with Crippen molar-refractivity contribution in [2.75, 3.05) is 6.61 Å². The molecule has 0 heterocycles. The van der Waals surface area contributed by atoms with E-state index >= 15 is 0 Å². The second kappa shape index (κ2) is 43.5. The molecule has 0 saturated carbocycles. The summed E-state index contributed by atoms with van der Waals surface area (Å²) in [6, 6.07) is -0.616. The topological polar surface area (TPSA) is 69.6 Å². The summed E-state index contributed by atoms with van der Waals surface area (Å²) in [5.41, 5.74) is 0. The first-order chi connectivity index (χ1) is 25.2. The van der Waals surface area contributed by atoms with Gasteiger partial charge in [0, 0.05) is 6.42 Å². The van der Waals surface area contributed by atoms with Crippen molar-refractivity contribution in [3.8, 4) is 0 Å². The van der Waals surface area contributed by atoms with Crippen LogP contribution in [0.4, 0.5) is 0 Å². The van der Waals surface area contributed by atoms with Crippen LogP contribution in [0.25, 0.3) is 0 Å². The van der Waals surface area contributed by atoms with Gasteiger partial charge in [0.05, 0.1) is 18.8 Å². The molecule has 1 amide bonds. The molecule has 0 aliphatic rings. The first-order valence-corrected chi connectivity index (χ1v) is 23.4. The zero-order chi connectivity index (χ0) is 37.1. The Morgan fingerprint density at radius 3 is 1.02 bits per heavy atom. The Balaban J connectivity index is 3.44. The van der Waals surface area contributed by atoms with Crippen molar-refractivity contribution < 1.29 is 15.0 Å². The third kappa shape index (κ3) is 40.2. The lowest BCUT2D eigenvalue weighted by Gasteiger charge is -2.20. The highest BCUT2D eigenvalue weighted by Gasteiger charge is 2.18. The molecule has 4 nitrogen and oxygen atoms in total. The molecule has 2 atom stereocenters. The zero-order valence-electron chi connectivity index (χ0n) is 34.9. The standard InChI is InChI=1S/C47H93NO3/c1-3-5-7-9-11-13-15-17-18-19-20-21-22-23-24-25-26-27-28-29-31-33-35-37-39-41-43-47(51)48-45(44-49)46(50)42-40-38-36-34-32-30-16-14-12-10-8-6-4-2/h40,42,45-46,49-50H,3-39,41,43-44H2,1-2H3,(H,48,51)/b42-40+. The number of amides is 1. The Morgan fingerprint density at radius 2 is 0.725 bits per heavy atom. The molecule has 2 unspecified atom stereocenters. The van der Waals surface area contributed by atoms with E-state index in [1.165, 1.54) is 218 Å². The van der Waals surface area contributed by atoms with Crippen molar-refractivity contribution in [1.82, 2.24) is 5.32 Å². The molecule has 0 bridgehead atoms. The van der Waals surface area contributed by atoms with Gasteiger partial charge in [0.15, 0.2) is 0 Å². The van der Waals surface area contributed by atoms with Crippen LogP contribution in [0, 0.1) is 0 Å². The third-order valence-electron chi connectivity index (χ3n) is 11.0. The van der Waals surface area contributed by atoms with Crippen LogP contribution in [0.3, 0.4) is 0 Å². The molecule has 0 aliphatic heterocycles. The Morgan fingerprint density at radius 1 is 0.451 bits per heavy atom. The van der Waals surface area contributed by atoms with E-state index in [1.54, 1.807) is 6.08 Å². The maximum atomic E-state index is 12.4. The number of unbranched alkanes of at least 4 members (excludes halogenated alkanes) is 36. The molecular formula is C47H93NO3. The quantitative estimate of drug-likeness (QED) is 0.0434. The molecule has 0 aromatic carbocycles. The van der Waals surface area contributed by atoms with Gasteiger partial charge in [-0.25, -0.2) is 0 Å². The van der Waals surface area contributed by atoms with Gasteiger partial charge in [0.1, 0.15) is 0 Å². The summed E-state index contributed by atoms with van der Waals surface area (Å²) in [6.45, 7) is 4.33. The average molecular weight is 720 g/mol. The van der Waals surface area contributed by atoms with Crippen LogP contribution in [-0.4, -0.2) is 34.9 Å². The molecule has 0 saturated heterocycles. The first kappa shape index (κ1) is 50.1. The van der Waals surface area contributed by atoms with E-state index in [-0.39, 0.29) is 12.5 Å². The van der Waals surface area contributed by atoms with Crippen molar-refractivity contribution in [3.63, 3.8) is 0 Å². The fraction of sp³-hybridized carbons (Fsp3) is 0.936. The largest absolute Gasteiger partial charge is 0.394 e. The van der Waals surface area contributed by atoms with Crippen LogP contribution in [0.15, 0.2) is 12.2 Å². The molecule has 3 N–H and O–H groups in total. The monoisotopic (exact) mass is 720 g/mol. The van der Waals surface area contributed by atoms with Gasteiger partial charge in [-0.1, -0.05) is 251 Å². The Hall–Kier alpha value is -0.870. The lowest BCUT2D eigenvalue weighted by atomic mass is 10.0. The normalized spacial score (nSPS) is 12.9. The molecule has 0 aliphatic carbocycles. The molecule has 0 spiro atoms. The number of nitrogens with one attached hydrogen (secondary N) is 1. The average Bonchev–Trinajstić information content (AvgIpc) is 3.13. The van der Waals surface area contributed by atoms with Crippen LogP contribution in [0.5, 0.6) is 0 Å². The highest BCUT2D eigenvalue weighted by Crippen LogP contribution is 2.17. The number of hydrogen-bond donors (Lipinski definition) is 3. The lowest BCUT2D eigenvalue weighted by Crippen LogP contribution is -2.45. The smallest absolute Gasteiger partial charge is 0.220 e. The van der Waals surface area contributed by atoms with E-state index in [0.717, 1.165) is 25.7 Å². The summed E-state index contributed by atoms with van der Waals surface area (Å²) in [6.07, 6.45) is 54.8. The minimum absolute atomic E-state index is 0.0591. The van der Waals surface area contributed by atoms with E-state index in [0.29, 0.717) is 6.42 Å². The predicted octanol–water partition coefficient (Wildman–Crippen LogP) is 14.6. The van der Waals surface area contributed by atoms with E-state index < -0.39 is 12.1 Å². The number of aliphatic hydroxyl groups excluding tert-OH is 2. The van der Waals surface area contributed by atoms with Crippen molar-refractivity contribution in [2.45, 2.75) is 276 Å². The summed E-state index contributed by atoms with van der Waals surface area (Å²) in [7, 11) is 0. The van der Waals surface area contributed by atoms with E-state index in [2.05, 4.69) is 19.2 Å². The molecule has 0 fully saturated rings. The second-order valence-electron chi connectivity index (χ2n) is 16.2. The summed E-state index contributed by atoms with van der Waals surface area (Å²) in [5.74, 6) is -0.0591. The van der Waals surface area contributed by atoms with E-state index in [9.17, 15) is 15.0 Å². The van der Waals surface area contributed by atoms with Crippen LogP contribution in [0.1, 0.15) is 264 Å². The zero-order valence-corrected chi connectivity index (χ0v) is 34.9. The Bertz CT molecular complexity index is 695. The van der Waals surface area contributed by atoms with E-state index in [1.807, 2.05) is 6.08 Å². The maximum absolute atomic E-state index is 12.4. The van der Waals surface area contributed by atoms with Crippen LogP contribution < -0.4 is 5.32 Å². The van der Waals surface area contributed by atoms with Gasteiger partial charge in [-0.15, -0.1) is 0 Å². The predicted molar refractivity (Wildman–Crippen MR) is 226 cm³/mol. The van der Waals surface area contributed by atoms with Crippen molar-refractivity contribution in [2.24, 2.45) is 0 Å². The fourth-order valence-corrected chi connectivity index (χ4v) is 7.42. The molecule has 51 heavy (non-hydrogen) atoms. The molecule has 304 valence electrons. The molecule has 0 radical (unpaired) electrons. The minimum atomic E-state index is -0.833. The fourth-order valence-electron chi connectivity index (χ4n) is 7.42. The number of carbonyl (C=O) groups is 1. The molecule has 0 aromatic heterocycles. The second-order valence-corrected chi connectivity index (χ2v) is 16.2. The minimum Gasteiger partial charge on any atom is -0.394 e. The SMILES string of the molecule is CCCCCCCCCCCCC/C=C/C(O)C(CO)NC(=O)CCCCCCCCCCCCCCCCCCCCCCCCCCCC. The summed E-state index contributed by atoms with van der Waals surface area (Å²) in [4.78, 5) is 12.4. The van der Waals surface area contributed by atoms with E-state index in [4.69, 9.17) is 0 Å². The Labute approximate surface area is 320 Å². The molecule has 0 rings (SSSR count). The van der Waals surface area contributed by atoms with Crippen LogP contribution >= 0.6 is 0 Å². The molecular weight excluding hydrogens is 627 g/mol. The van der Waals surface area contributed by atoms with Gasteiger partial charge in [-0.2, -0.15) is 0 Å². The van der Waals surface area contributed by atoms with Crippen LogP contribution in [0.2, 0.25) is 0 Å². The number of aliphatic hydroxyl groups is 2. The number of rotatable bonds is 43. The van der Waals surface area contributed by atoms with Gasteiger partial charge >= 0.3 is 0 Å². The summed E-state index contributed by atoms with van der Waals surface area (Å²) < 4.78 is 0. The number of hydrogen-bond acceptors (Lipinski definition) is 3. The third-order valence-corrected chi connectivity index (χ3v) is 11.0. The first-order valence-electron chi connectivity index (χ1n) is 23.4. The van der Waals surface area contributed by atoms with Crippen molar-refractivity contribution in [1.29, 1.82) is 0 Å². The summed E-state index contributed by atoms with van der Waals surface area (Å²) in [5, 5.41) is 23.0. The van der Waals surface area contributed by atoms with Crippen molar-refractivity contribution in [3.05, 3.63) is 12.2 Å². The molecule has 0 aromatic rings. The number of allylic oxidation sites excluding steroid dienone is 1. The molecule has 4 heteroatoms. The van der Waals surface area contributed by atoms with Crippen LogP contribution in [-0.2, 0) is 4.79 Å². The lowest BCUT2D eigenvalue weighted by molar-refractivity contribution is -0.123. The van der Waals surface area contributed by atoms with Gasteiger partial charge in [-0.05, 0) is 19.3 Å². The van der Waals surface area contributed by atoms with Gasteiger partial charge < -0.3 is 15.5 Å². The maximum Gasteiger partial charge on any atom is 0.220 e. The van der Waals surface area contributed by atoms with Gasteiger partial charge in [0.2, 0.25) is 5.91 Å².